The Morgan fingerprint density at radius 3 is 2.61 bits per heavy atom. The van der Waals surface area contributed by atoms with E-state index in [0.717, 1.165) is 12.1 Å². The molecule has 0 saturated carbocycles. The van der Waals surface area contributed by atoms with Crippen molar-refractivity contribution >= 4 is 11.6 Å². The van der Waals surface area contributed by atoms with Crippen LogP contribution < -0.4 is 5.73 Å². The highest BCUT2D eigenvalue weighted by atomic mass is 35.5. The lowest BCUT2D eigenvalue weighted by Gasteiger charge is -2.09. The first-order valence-corrected chi connectivity index (χ1v) is 5.28. The summed E-state index contributed by atoms with van der Waals surface area (Å²) in [6.07, 6.45) is -3.00. The normalized spacial score (nSPS) is 11.8. The van der Waals surface area contributed by atoms with Gasteiger partial charge in [0.1, 0.15) is 0 Å². The SMILES string of the molecule is NCc1cn(-c2cc(C(F)(F)F)ccc2Cl)nn1. The smallest absolute Gasteiger partial charge is 0.325 e. The summed E-state index contributed by atoms with van der Waals surface area (Å²) >= 11 is 5.85. The summed E-state index contributed by atoms with van der Waals surface area (Å²) in [5, 5.41) is 7.52. The molecule has 0 bridgehead atoms. The minimum atomic E-state index is -4.43. The van der Waals surface area contributed by atoms with Crippen LogP contribution in [0.4, 0.5) is 13.2 Å². The summed E-state index contributed by atoms with van der Waals surface area (Å²) in [5.74, 6) is 0. The van der Waals surface area contributed by atoms with Crippen molar-refractivity contribution in [3.05, 3.63) is 40.7 Å². The van der Waals surface area contributed by atoms with Crippen molar-refractivity contribution in [3.8, 4) is 5.69 Å². The maximum Gasteiger partial charge on any atom is 0.416 e. The number of alkyl halides is 3. The number of hydrogen-bond acceptors (Lipinski definition) is 3. The molecular weight excluding hydrogens is 269 g/mol. The molecule has 0 amide bonds. The molecule has 0 aliphatic rings. The average Bonchev–Trinajstić information content (AvgIpc) is 2.76. The zero-order valence-corrected chi connectivity index (χ0v) is 9.70. The Labute approximate surface area is 105 Å². The van der Waals surface area contributed by atoms with E-state index in [0.29, 0.717) is 5.69 Å². The first-order valence-electron chi connectivity index (χ1n) is 4.90. The number of rotatable bonds is 2. The standard InChI is InChI=1S/C10H8ClF3N4/c11-8-2-1-6(10(12,13)14)3-9(8)18-5-7(4-15)16-17-18/h1-3,5H,4,15H2. The van der Waals surface area contributed by atoms with Crippen molar-refractivity contribution in [1.29, 1.82) is 0 Å². The fourth-order valence-corrected chi connectivity index (χ4v) is 1.58. The Hall–Kier alpha value is -1.60. The number of aromatic nitrogens is 3. The van der Waals surface area contributed by atoms with Gasteiger partial charge in [-0.2, -0.15) is 13.2 Å². The van der Waals surface area contributed by atoms with Crippen LogP contribution in [0.25, 0.3) is 5.69 Å². The highest BCUT2D eigenvalue weighted by molar-refractivity contribution is 6.32. The van der Waals surface area contributed by atoms with E-state index in [2.05, 4.69) is 10.3 Å². The molecule has 0 unspecified atom stereocenters. The molecule has 0 aliphatic carbocycles. The predicted octanol–water partition coefficient (Wildman–Crippen LogP) is 2.40. The molecule has 0 radical (unpaired) electrons. The molecule has 0 fully saturated rings. The summed E-state index contributed by atoms with van der Waals surface area (Å²) in [4.78, 5) is 0. The van der Waals surface area contributed by atoms with Gasteiger partial charge < -0.3 is 5.73 Å². The summed E-state index contributed by atoms with van der Waals surface area (Å²) in [7, 11) is 0. The first-order chi connectivity index (χ1) is 8.41. The largest absolute Gasteiger partial charge is 0.416 e. The van der Waals surface area contributed by atoms with Crippen LogP contribution in [-0.2, 0) is 12.7 Å². The van der Waals surface area contributed by atoms with Gasteiger partial charge in [0.25, 0.3) is 0 Å². The van der Waals surface area contributed by atoms with Crippen molar-refractivity contribution in [2.24, 2.45) is 5.73 Å². The van der Waals surface area contributed by atoms with E-state index in [-0.39, 0.29) is 17.3 Å². The summed E-state index contributed by atoms with van der Waals surface area (Å²) in [5.41, 5.74) is 5.12. The van der Waals surface area contributed by atoms with Crippen LogP contribution in [0.5, 0.6) is 0 Å². The second-order valence-corrected chi connectivity index (χ2v) is 3.93. The molecule has 1 aromatic heterocycles. The fraction of sp³-hybridized carbons (Fsp3) is 0.200. The zero-order chi connectivity index (χ0) is 13.3. The molecule has 0 aliphatic heterocycles. The molecule has 2 aromatic rings. The van der Waals surface area contributed by atoms with Crippen molar-refractivity contribution in [2.45, 2.75) is 12.7 Å². The van der Waals surface area contributed by atoms with Gasteiger partial charge in [0, 0.05) is 6.54 Å². The third-order valence-corrected chi connectivity index (χ3v) is 2.59. The summed E-state index contributed by atoms with van der Waals surface area (Å²) in [6, 6.07) is 2.99. The van der Waals surface area contributed by atoms with Crippen molar-refractivity contribution in [1.82, 2.24) is 15.0 Å². The van der Waals surface area contributed by atoms with Crippen molar-refractivity contribution in [3.63, 3.8) is 0 Å². The number of hydrogen-bond donors (Lipinski definition) is 1. The first kappa shape index (κ1) is 12.8. The third-order valence-electron chi connectivity index (χ3n) is 2.27. The minimum absolute atomic E-state index is 0.110. The Bertz CT molecular complexity index is 564. The van der Waals surface area contributed by atoms with E-state index in [1.54, 1.807) is 0 Å². The Balaban J connectivity index is 2.49. The molecular formula is C10H8ClF3N4. The topological polar surface area (TPSA) is 56.7 Å². The quantitative estimate of drug-likeness (QED) is 0.916. The van der Waals surface area contributed by atoms with Gasteiger partial charge in [-0.15, -0.1) is 5.10 Å². The van der Waals surface area contributed by atoms with E-state index in [4.69, 9.17) is 17.3 Å². The van der Waals surface area contributed by atoms with E-state index in [1.165, 1.54) is 16.9 Å². The Kier molecular flexibility index (Phi) is 3.27. The van der Waals surface area contributed by atoms with Gasteiger partial charge in [-0.3, -0.25) is 0 Å². The lowest BCUT2D eigenvalue weighted by Crippen LogP contribution is -2.07. The number of nitrogens with zero attached hydrogens (tertiary/aromatic N) is 3. The minimum Gasteiger partial charge on any atom is -0.325 e. The van der Waals surface area contributed by atoms with Crippen LogP contribution in [0.2, 0.25) is 5.02 Å². The second-order valence-electron chi connectivity index (χ2n) is 3.52. The van der Waals surface area contributed by atoms with Gasteiger partial charge in [0.15, 0.2) is 0 Å². The number of nitrogens with two attached hydrogens (primary N) is 1. The second kappa shape index (κ2) is 4.58. The van der Waals surface area contributed by atoms with E-state index in [9.17, 15) is 13.2 Å². The monoisotopic (exact) mass is 276 g/mol. The van der Waals surface area contributed by atoms with Gasteiger partial charge >= 0.3 is 6.18 Å². The van der Waals surface area contributed by atoms with Crippen molar-refractivity contribution < 1.29 is 13.2 Å². The summed E-state index contributed by atoms with van der Waals surface area (Å²) in [6.45, 7) is 0.149. The lowest BCUT2D eigenvalue weighted by atomic mass is 10.2. The van der Waals surface area contributed by atoms with Crippen LogP contribution in [-0.4, -0.2) is 15.0 Å². The van der Waals surface area contributed by atoms with Gasteiger partial charge in [-0.25, -0.2) is 4.68 Å². The average molecular weight is 277 g/mol. The van der Waals surface area contributed by atoms with Gasteiger partial charge in [-0.05, 0) is 18.2 Å². The van der Waals surface area contributed by atoms with Crippen LogP contribution in [0.1, 0.15) is 11.3 Å². The molecule has 96 valence electrons. The lowest BCUT2D eigenvalue weighted by molar-refractivity contribution is -0.137. The van der Waals surface area contributed by atoms with E-state index in [1.807, 2.05) is 0 Å². The molecule has 1 aromatic carbocycles. The molecule has 0 spiro atoms. The van der Waals surface area contributed by atoms with E-state index < -0.39 is 11.7 Å². The molecule has 1 heterocycles. The molecule has 4 nitrogen and oxygen atoms in total. The Morgan fingerprint density at radius 2 is 2.06 bits per heavy atom. The highest BCUT2D eigenvalue weighted by Crippen LogP contribution is 2.32. The fourth-order valence-electron chi connectivity index (χ4n) is 1.37. The Morgan fingerprint density at radius 1 is 1.33 bits per heavy atom. The van der Waals surface area contributed by atoms with Crippen LogP contribution >= 0.6 is 11.6 Å². The molecule has 2 rings (SSSR count). The van der Waals surface area contributed by atoms with Crippen molar-refractivity contribution in [2.75, 3.05) is 0 Å². The van der Waals surface area contributed by atoms with E-state index >= 15 is 0 Å². The van der Waals surface area contributed by atoms with Gasteiger partial charge in [0.2, 0.25) is 0 Å². The highest BCUT2D eigenvalue weighted by Gasteiger charge is 2.31. The number of halogens is 4. The predicted molar refractivity (Wildman–Crippen MR) is 59.3 cm³/mol. The molecule has 0 saturated heterocycles. The van der Waals surface area contributed by atoms with Crippen LogP contribution in [0.15, 0.2) is 24.4 Å². The van der Waals surface area contributed by atoms with Crippen LogP contribution in [0, 0.1) is 0 Å². The molecule has 8 heteroatoms. The number of benzene rings is 1. The maximum atomic E-state index is 12.6. The van der Waals surface area contributed by atoms with Gasteiger partial charge in [-0.1, -0.05) is 16.8 Å². The third kappa shape index (κ3) is 2.46. The van der Waals surface area contributed by atoms with Gasteiger partial charge in [0.05, 0.1) is 28.2 Å². The van der Waals surface area contributed by atoms with Crippen LogP contribution in [0.3, 0.4) is 0 Å². The zero-order valence-electron chi connectivity index (χ0n) is 8.95. The summed E-state index contributed by atoms with van der Waals surface area (Å²) < 4.78 is 38.9. The molecule has 0 atom stereocenters. The molecule has 2 N–H and O–H groups in total. The molecule has 18 heavy (non-hydrogen) atoms. The maximum absolute atomic E-state index is 12.6.